The lowest BCUT2D eigenvalue weighted by Crippen LogP contribution is -1.95. The van der Waals surface area contributed by atoms with Gasteiger partial charge in [-0.1, -0.05) is 34.2 Å². The highest BCUT2D eigenvalue weighted by Gasteiger charge is 2.05. The molecule has 0 saturated carbocycles. The third-order valence-electron chi connectivity index (χ3n) is 1.84. The third-order valence-corrected chi connectivity index (χ3v) is 2.33. The monoisotopic (exact) mass is 296 g/mol. The number of rotatable bonds is 4. The predicted molar refractivity (Wildman–Crippen MR) is 72.4 cm³/mol. The topological polar surface area (TPSA) is 9.23 Å². The van der Waals surface area contributed by atoms with Crippen molar-refractivity contribution < 1.29 is 9.13 Å². The maximum Gasteiger partial charge on any atom is 0.166 e. The van der Waals surface area contributed by atoms with Gasteiger partial charge in [-0.25, -0.2) is 4.39 Å². The molecular weight excluding hydrogens is 283 g/mol. The van der Waals surface area contributed by atoms with E-state index in [1.54, 1.807) is 24.3 Å². The maximum atomic E-state index is 13.6. The summed E-state index contributed by atoms with van der Waals surface area (Å²) in [5.41, 5.74) is 0.843. The summed E-state index contributed by atoms with van der Waals surface area (Å²) in [4.78, 5) is 0. The van der Waals surface area contributed by atoms with Crippen LogP contribution in [0, 0.1) is 5.82 Å². The van der Waals surface area contributed by atoms with Crippen molar-refractivity contribution >= 4 is 15.9 Å². The van der Waals surface area contributed by atoms with Crippen molar-refractivity contribution in [3.63, 3.8) is 0 Å². The fourth-order valence-corrected chi connectivity index (χ4v) is 1.54. The van der Waals surface area contributed by atoms with Gasteiger partial charge in [0.2, 0.25) is 0 Å². The summed E-state index contributed by atoms with van der Waals surface area (Å²) in [5.74, 6) is 0.344. The number of allylic oxidation sites excluding steroid dienone is 4. The first-order chi connectivity index (χ1) is 8.02. The van der Waals surface area contributed by atoms with Crippen molar-refractivity contribution in [3.05, 3.63) is 64.6 Å². The van der Waals surface area contributed by atoms with Gasteiger partial charge < -0.3 is 4.74 Å². The SMILES string of the molecule is C=C(C)/C=C(\C=C/C)Oc1ccc(Br)cc1F. The van der Waals surface area contributed by atoms with E-state index in [-0.39, 0.29) is 5.75 Å². The lowest BCUT2D eigenvalue weighted by atomic mass is 10.2. The van der Waals surface area contributed by atoms with E-state index >= 15 is 0 Å². The molecule has 90 valence electrons. The summed E-state index contributed by atoms with van der Waals surface area (Å²) in [5, 5.41) is 0. The van der Waals surface area contributed by atoms with E-state index in [9.17, 15) is 4.39 Å². The first-order valence-electron chi connectivity index (χ1n) is 5.15. The molecule has 0 heterocycles. The van der Waals surface area contributed by atoms with Crippen LogP contribution in [0.15, 0.2) is 58.8 Å². The van der Waals surface area contributed by atoms with E-state index in [1.807, 2.05) is 19.9 Å². The van der Waals surface area contributed by atoms with Gasteiger partial charge in [-0.3, -0.25) is 0 Å². The molecule has 1 aromatic carbocycles. The zero-order valence-corrected chi connectivity index (χ0v) is 11.4. The Labute approximate surface area is 109 Å². The van der Waals surface area contributed by atoms with Crippen LogP contribution in [0.3, 0.4) is 0 Å². The molecule has 0 unspecified atom stereocenters. The highest BCUT2D eigenvalue weighted by Crippen LogP contribution is 2.23. The van der Waals surface area contributed by atoms with Crippen molar-refractivity contribution in [3.8, 4) is 5.75 Å². The van der Waals surface area contributed by atoms with Crippen molar-refractivity contribution in [1.82, 2.24) is 0 Å². The van der Waals surface area contributed by atoms with Crippen molar-refractivity contribution in [2.45, 2.75) is 13.8 Å². The fourth-order valence-electron chi connectivity index (χ4n) is 1.20. The van der Waals surface area contributed by atoms with Crippen molar-refractivity contribution in [1.29, 1.82) is 0 Å². The summed E-state index contributed by atoms with van der Waals surface area (Å²) >= 11 is 3.20. The van der Waals surface area contributed by atoms with Gasteiger partial charge in [0.05, 0.1) is 0 Å². The van der Waals surface area contributed by atoms with Crippen LogP contribution in [-0.2, 0) is 0 Å². The second kappa shape index (κ2) is 6.40. The second-order valence-corrected chi connectivity index (χ2v) is 4.49. The molecule has 0 aromatic heterocycles. The zero-order chi connectivity index (χ0) is 12.8. The molecule has 0 bridgehead atoms. The second-order valence-electron chi connectivity index (χ2n) is 3.57. The zero-order valence-electron chi connectivity index (χ0n) is 9.84. The van der Waals surface area contributed by atoms with Crippen LogP contribution in [0.4, 0.5) is 4.39 Å². The Morgan fingerprint density at radius 3 is 2.71 bits per heavy atom. The van der Waals surface area contributed by atoms with Gasteiger partial charge in [0, 0.05) is 4.47 Å². The number of benzene rings is 1. The summed E-state index contributed by atoms with van der Waals surface area (Å²) in [6.45, 7) is 7.48. The molecule has 0 fully saturated rings. The van der Waals surface area contributed by atoms with Gasteiger partial charge in [0.15, 0.2) is 11.6 Å². The predicted octanol–water partition coefficient (Wildman–Crippen LogP) is 5.00. The quantitative estimate of drug-likeness (QED) is 0.561. The van der Waals surface area contributed by atoms with Crippen molar-refractivity contribution in [2.75, 3.05) is 0 Å². The Morgan fingerprint density at radius 2 is 2.18 bits per heavy atom. The molecule has 1 aromatic rings. The smallest absolute Gasteiger partial charge is 0.166 e. The van der Waals surface area contributed by atoms with Gasteiger partial charge >= 0.3 is 0 Å². The summed E-state index contributed by atoms with van der Waals surface area (Å²) in [6, 6.07) is 4.67. The van der Waals surface area contributed by atoms with E-state index < -0.39 is 5.82 Å². The number of hydrogen-bond acceptors (Lipinski definition) is 1. The minimum Gasteiger partial charge on any atom is -0.454 e. The summed E-state index contributed by atoms with van der Waals surface area (Å²) in [6.07, 6.45) is 5.34. The molecule has 17 heavy (non-hydrogen) atoms. The van der Waals surface area contributed by atoms with Gasteiger partial charge in [-0.2, -0.15) is 0 Å². The molecule has 0 radical (unpaired) electrons. The van der Waals surface area contributed by atoms with Crippen LogP contribution in [0.5, 0.6) is 5.75 Å². The maximum absolute atomic E-state index is 13.6. The van der Waals surface area contributed by atoms with Crippen LogP contribution >= 0.6 is 15.9 Å². The highest BCUT2D eigenvalue weighted by atomic mass is 79.9. The average molecular weight is 297 g/mol. The van der Waals surface area contributed by atoms with E-state index in [0.29, 0.717) is 10.2 Å². The molecule has 1 rings (SSSR count). The molecule has 3 heteroatoms. The minimum absolute atomic E-state index is 0.193. The molecular formula is C14H14BrFO. The number of halogens is 2. The number of hydrogen-bond donors (Lipinski definition) is 0. The van der Waals surface area contributed by atoms with Gasteiger partial charge in [0.1, 0.15) is 5.76 Å². The normalized spacial score (nSPS) is 11.9. The van der Waals surface area contributed by atoms with Crippen LogP contribution < -0.4 is 4.74 Å². The summed E-state index contributed by atoms with van der Waals surface area (Å²) < 4.78 is 19.7. The van der Waals surface area contributed by atoms with E-state index in [0.717, 1.165) is 5.57 Å². The van der Waals surface area contributed by atoms with Crippen LogP contribution in [0.25, 0.3) is 0 Å². The first-order valence-corrected chi connectivity index (χ1v) is 5.95. The Hall–Kier alpha value is -1.35. The van der Waals surface area contributed by atoms with Crippen LogP contribution in [0.1, 0.15) is 13.8 Å². The molecule has 0 amide bonds. The summed E-state index contributed by atoms with van der Waals surface area (Å²) in [7, 11) is 0. The molecule has 0 saturated heterocycles. The Bertz CT molecular complexity index is 475. The van der Waals surface area contributed by atoms with E-state index in [2.05, 4.69) is 22.5 Å². The van der Waals surface area contributed by atoms with Gasteiger partial charge in [-0.05, 0) is 44.2 Å². The Morgan fingerprint density at radius 1 is 1.47 bits per heavy atom. The lowest BCUT2D eigenvalue weighted by molar-refractivity contribution is 0.411. The average Bonchev–Trinajstić information content (AvgIpc) is 2.21. The Kier molecular flexibility index (Phi) is 5.16. The largest absolute Gasteiger partial charge is 0.454 e. The minimum atomic E-state index is -0.406. The molecule has 0 aliphatic carbocycles. The van der Waals surface area contributed by atoms with Crippen LogP contribution in [0.2, 0.25) is 0 Å². The Balaban J connectivity index is 2.98. The fraction of sp³-hybridized carbons (Fsp3) is 0.143. The van der Waals surface area contributed by atoms with E-state index in [4.69, 9.17) is 4.74 Å². The first kappa shape index (κ1) is 13.7. The molecule has 0 atom stereocenters. The highest BCUT2D eigenvalue weighted by molar-refractivity contribution is 9.10. The van der Waals surface area contributed by atoms with Crippen LogP contribution in [-0.4, -0.2) is 0 Å². The molecule has 0 spiro atoms. The molecule has 1 nitrogen and oxygen atoms in total. The number of ether oxygens (including phenoxy) is 1. The van der Waals surface area contributed by atoms with Gasteiger partial charge in [-0.15, -0.1) is 0 Å². The molecule has 0 N–H and O–H groups in total. The van der Waals surface area contributed by atoms with Crippen molar-refractivity contribution in [2.24, 2.45) is 0 Å². The standard InChI is InChI=1S/C14H14BrFO/c1-4-5-12(8-10(2)3)17-14-7-6-11(15)9-13(14)16/h4-9H,2H2,1,3H3/b5-4-,12-8+. The molecule has 0 aliphatic rings. The molecule has 0 aliphatic heterocycles. The lowest BCUT2D eigenvalue weighted by Gasteiger charge is -2.08. The van der Waals surface area contributed by atoms with Gasteiger partial charge in [0.25, 0.3) is 0 Å². The third kappa shape index (κ3) is 4.57. The van der Waals surface area contributed by atoms with E-state index in [1.165, 1.54) is 6.07 Å².